The van der Waals surface area contributed by atoms with Crippen LogP contribution in [0.4, 0.5) is 0 Å². The second-order valence-electron chi connectivity index (χ2n) is 9.93. The maximum absolute atomic E-state index is 13.0. The second kappa shape index (κ2) is 12.3. The molecule has 1 aliphatic rings. The summed E-state index contributed by atoms with van der Waals surface area (Å²) >= 11 is 12.4. The molecule has 1 N–H and O–H groups in total. The van der Waals surface area contributed by atoms with Gasteiger partial charge >= 0.3 is 0 Å². The smallest absolute Gasteiger partial charge is 0.261 e. The molecule has 5 nitrogen and oxygen atoms in total. The number of likely N-dealkylation sites (N-methyl/N-ethyl adjacent to an activating group) is 1. The zero-order chi connectivity index (χ0) is 26.5. The van der Waals surface area contributed by atoms with Crippen molar-refractivity contribution in [2.45, 2.75) is 39.5 Å². The van der Waals surface area contributed by atoms with Crippen LogP contribution in [0.15, 0.2) is 60.7 Å². The molecule has 196 valence electrons. The van der Waals surface area contributed by atoms with Crippen molar-refractivity contribution in [3.05, 3.63) is 87.4 Å². The van der Waals surface area contributed by atoms with Crippen LogP contribution in [0.3, 0.4) is 0 Å². The summed E-state index contributed by atoms with van der Waals surface area (Å²) in [6.07, 6.45) is -0.644. The lowest BCUT2D eigenvalue weighted by Gasteiger charge is -2.33. The van der Waals surface area contributed by atoms with Crippen LogP contribution in [0.1, 0.15) is 36.6 Å². The van der Waals surface area contributed by atoms with E-state index < -0.39 is 6.10 Å². The number of carbonyl (C=O) groups is 1. The van der Waals surface area contributed by atoms with Crippen molar-refractivity contribution in [1.82, 2.24) is 15.1 Å². The van der Waals surface area contributed by atoms with Gasteiger partial charge in [0.05, 0.1) is 16.1 Å². The molecule has 0 radical (unpaired) electrons. The van der Waals surface area contributed by atoms with Gasteiger partial charge in [-0.25, -0.2) is 0 Å². The fourth-order valence-corrected chi connectivity index (χ4v) is 4.73. The van der Waals surface area contributed by atoms with Gasteiger partial charge in [-0.15, -0.1) is 0 Å². The van der Waals surface area contributed by atoms with Crippen LogP contribution in [0.5, 0.6) is 5.75 Å². The number of hydrogen-bond acceptors (Lipinski definition) is 4. The minimum atomic E-state index is -0.644. The summed E-state index contributed by atoms with van der Waals surface area (Å²) in [5.74, 6) is 0.570. The third-order valence-electron chi connectivity index (χ3n) is 6.91. The molecular formula is C30H35Cl2N3O2. The highest BCUT2D eigenvalue weighted by atomic mass is 35.5. The van der Waals surface area contributed by atoms with Crippen LogP contribution in [-0.2, 0) is 11.3 Å². The first-order valence-corrected chi connectivity index (χ1v) is 13.5. The molecule has 0 saturated carbocycles. The van der Waals surface area contributed by atoms with Gasteiger partial charge < -0.3 is 15.0 Å². The fourth-order valence-electron chi connectivity index (χ4n) is 4.43. The van der Waals surface area contributed by atoms with E-state index in [1.54, 1.807) is 6.92 Å². The first kappa shape index (κ1) is 27.5. The normalized spacial score (nSPS) is 16.3. The molecule has 1 unspecified atom stereocenters. The lowest BCUT2D eigenvalue weighted by atomic mass is 10.0. The summed E-state index contributed by atoms with van der Waals surface area (Å²) < 4.78 is 6.26. The number of rotatable bonds is 8. The zero-order valence-corrected chi connectivity index (χ0v) is 23.4. The molecule has 0 aliphatic carbocycles. The Labute approximate surface area is 230 Å². The van der Waals surface area contributed by atoms with E-state index in [2.05, 4.69) is 47.3 Å². The van der Waals surface area contributed by atoms with Crippen molar-refractivity contribution < 1.29 is 9.53 Å². The Kier molecular flexibility index (Phi) is 9.14. The highest BCUT2D eigenvalue weighted by Gasteiger charge is 2.21. The van der Waals surface area contributed by atoms with Crippen molar-refractivity contribution in [3.8, 4) is 16.9 Å². The molecule has 3 aromatic carbocycles. The maximum Gasteiger partial charge on any atom is 0.261 e. The Hall–Kier alpha value is -2.57. The molecule has 0 aromatic heterocycles. The summed E-state index contributed by atoms with van der Waals surface area (Å²) in [7, 11) is 2.15. The van der Waals surface area contributed by atoms with Gasteiger partial charge in [0.15, 0.2) is 6.10 Å². The minimum Gasteiger partial charge on any atom is -0.481 e. The van der Waals surface area contributed by atoms with Crippen molar-refractivity contribution in [2.24, 2.45) is 0 Å². The number of benzene rings is 3. The number of nitrogens with one attached hydrogen (secondary N) is 1. The minimum absolute atomic E-state index is 0.110. The number of piperazine rings is 1. The molecule has 0 spiro atoms. The van der Waals surface area contributed by atoms with Crippen LogP contribution in [0.2, 0.25) is 10.0 Å². The second-order valence-corrected chi connectivity index (χ2v) is 10.7. The van der Waals surface area contributed by atoms with E-state index in [9.17, 15) is 4.79 Å². The van der Waals surface area contributed by atoms with Crippen molar-refractivity contribution in [2.75, 3.05) is 33.2 Å². The molecule has 1 heterocycles. The lowest BCUT2D eigenvalue weighted by molar-refractivity contribution is -0.127. The van der Waals surface area contributed by atoms with E-state index in [0.29, 0.717) is 15.8 Å². The van der Waals surface area contributed by atoms with Gasteiger partial charge in [-0.05, 0) is 68.8 Å². The molecule has 1 fully saturated rings. The summed E-state index contributed by atoms with van der Waals surface area (Å²) in [6.45, 7) is 10.6. The molecule has 1 amide bonds. The Morgan fingerprint density at radius 3 is 2.24 bits per heavy atom. The van der Waals surface area contributed by atoms with Crippen LogP contribution in [0.25, 0.3) is 11.1 Å². The van der Waals surface area contributed by atoms with Gasteiger partial charge in [0.2, 0.25) is 0 Å². The number of amides is 1. The van der Waals surface area contributed by atoms with Gasteiger partial charge in [-0.3, -0.25) is 9.69 Å². The van der Waals surface area contributed by atoms with E-state index in [0.717, 1.165) is 55.0 Å². The largest absolute Gasteiger partial charge is 0.481 e. The maximum atomic E-state index is 13.0. The first-order chi connectivity index (χ1) is 17.7. The quantitative estimate of drug-likeness (QED) is 0.361. The van der Waals surface area contributed by atoms with Gasteiger partial charge in [0.25, 0.3) is 5.91 Å². The molecule has 1 saturated heterocycles. The summed E-state index contributed by atoms with van der Waals surface area (Å²) in [5.41, 5.74) is 5.31. The van der Waals surface area contributed by atoms with E-state index in [4.69, 9.17) is 27.9 Å². The van der Waals surface area contributed by atoms with E-state index in [-0.39, 0.29) is 11.9 Å². The van der Waals surface area contributed by atoms with Gasteiger partial charge in [0, 0.05) is 38.3 Å². The van der Waals surface area contributed by atoms with Crippen LogP contribution < -0.4 is 10.1 Å². The number of halogens is 2. The van der Waals surface area contributed by atoms with E-state index in [1.807, 2.05) is 49.4 Å². The van der Waals surface area contributed by atoms with Crippen molar-refractivity contribution >= 4 is 29.1 Å². The molecular weight excluding hydrogens is 505 g/mol. The summed E-state index contributed by atoms with van der Waals surface area (Å²) in [4.78, 5) is 17.8. The number of carbonyl (C=O) groups excluding carboxylic acids is 1. The third-order valence-corrected chi connectivity index (χ3v) is 7.65. The Morgan fingerprint density at radius 1 is 0.919 bits per heavy atom. The molecule has 0 bridgehead atoms. The lowest BCUT2D eigenvalue weighted by Crippen LogP contribution is -2.44. The zero-order valence-electron chi connectivity index (χ0n) is 21.9. The molecule has 4 rings (SSSR count). The molecule has 3 aromatic rings. The molecule has 1 aliphatic heterocycles. The Balaban J connectivity index is 1.52. The van der Waals surface area contributed by atoms with E-state index >= 15 is 0 Å². The average molecular weight is 541 g/mol. The number of aryl methyl sites for hydroxylation is 1. The number of hydrogen-bond donors (Lipinski definition) is 1. The Morgan fingerprint density at radius 2 is 1.57 bits per heavy atom. The van der Waals surface area contributed by atoms with Gasteiger partial charge in [-0.2, -0.15) is 0 Å². The summed E-state index contributed by atoms with van der Waals surface area (Å²) in [6, 6.07) is 19.8. The first-order valence-electron chi connectivity index (χ1n) is 12.7. The summed E-state index contributed by atoms with van der Waals surface area (Å²) in [5, 5.41) is 4.13. The topological polar surface area (TPSA) is 44.8 Å². The molecule has 2 atom stereocenters. The SMILES string of the molecule is Cc1ccc([C@@H](C)NC(=O)C(C)Oc2ccc(-c3ccc(Cl)c(Cl)c3)cc2CN2CCN(C)CC2)cc1. The van der Waals surface area contributed by atoms with Crippen LogP contribution in [-0.4, -0.2) is 55.0 Å². The van der Waals surface area contributed by atoms with Gasteiger partial charge in [-0.1, -0.05) is 65.2 Å². The molecule has 7 heteroatoms. The van der Waals surface area contributed by atoms with Crippen molar-refractivity contribution in [3.63, 3.8) is 0 Å². The fraction of sp³-hybridized carbons (Fsp3) is 0.367. The van der Waals surface area contributed by atoms with Crippen molar-refractivity contribution in [1.29, 1.82) is 0 Å². The predicted molar refractivity (Wildman–Crippen MR) is 152 cm³/mol. The predicted octanol–water partition coefficient (Wildman–Crippen LogP) is 6.36. The standard InChI is InChI=1S/C30H35Cl2N3O2/c1-20-5-7-23(8-6-20)21(2)33-30(36)22(3)37-29-12-10-24(25-9-11-27(31)28(32)18-25)17-26(29)19-35-15-13-34(4)14-16-35/h5-12,17-18,21-22H,13-16,19H2,1-4H3,(H,33,36)/t21-,22?/m1/s1. The number of nitrogens with zero attached hydrogens (tertiary/aromatic N) is 2. The van der Waals surface area contributed by atoms with Gasteiger partial charge in [0.1, 0.15) is 5.75 Å². The van der Waals surface area contributed by atoms with Crippen LogP contribution in [0, 0.1) is 6.92 Å². The average Bonchev–Trinajstić information content (AvgIpc) is 2.88. The highest BCUT2D eigenvalue weighted by molar-refractivity contribution is 6.42. The highest BCUT2D eigenvalue weighted by Crippen LogP contribution is 2.32. The number of ether oxygens (including phenoxy) is 1. The van der Waals surface area contributed by atoms with Crippen LogP contribution >= 0.6 is 23.2 Å². The third kappa shape index (κ3) is 7.26. The van der Waals surface area contributed by atoms with E-state index in [1.165, 1.54) is 5.56 Å². The Bertz CT molecular complexity index is 1220. The monoisotopic (exact) mass is 539 g/mol. The molecule has 37 heavy (non-hydrogen) atoms.